The molecule has 0 unspecified atom stereocenters. The van der Waals surface area contributed by atoms with E-state index in [9.17, 15) is 0 Å². The van der Waals surface area contributed by atoms with Crippen molar-refractivity contribution in [2.24, 2.45) is 0 Å². The first-order valence-corrected chi connectivity index (χ1v) is 4.86. The van der Waals surface area contributed by atoms with Gasteiger partial charge in [-0.25, -0.2) is 4.98 Å². The first kappa shape index (κ1) is 10.0. The van der Waals surface area contributed by atoms with E-state index >= 15 is 0 Å². The van der Waals surface area contributed by atoms with Crippen LogP contribution in [0.25, 0.3) is 5.69 Å². The average molecular weight is 238 g/mol. The fourth-order valence-electron chi connectivity index (χ4n) is 1.20. The first-order valence-electron chi connectivity index (χ1n) is 4.10. The molecule has 0 aliphatic carbocycles. The summed E-state index contributed by atoms with van der Waals surface area (Å²) in [6.45, 7) is 0. The molecule has 0 atom stereocenters. The van der Waals surface area contributed by atoms with Crippen LogP contribution in [-0.2, 0) is 0 Å². The Hall–Kier alpha value is -1.50. The summed E-state index contributed by atoms with van der Waals surface area (Å²) in [5.41, 5.74) is 1.05. The smallest absolute Gasteiger partial charge is 0.158 e. The quantitative estimate of drug-likeness (QED) is 0.766. The summed E-state index contributed by atoms with van der Waals surface area (Å²) in [4.78, 5) is 3.88. The van der Waals surface area contributed by atoms with Crippen molar-refractivity contribution in [1.82, 2.24) is 9.55 Å². The van der Waals surface area contributed by atoms with Gasteiger partial charge in [-0.05, 0) is 18.2 Å². The summed E-state index contributed by atoms with van der Waals surface area (Å²) in [6.07, 6.45) is 3.12. The van der Waals surface area contributed by atoms with Crippen LogP contribution in [0.2, 0.25) is 10.0 Å². The molecule has 74 valence electrons. The number of rotatable bonds is 1. The average Bonchev–Trinajstić information content (AvgIpc) is 2.70. The van der Waals surface area contributed by atoms with Gasteiger partial charge < -0.3 is 4.57 Å². The Morgan fingerprint density at radius 2 is 2.13 bits per heavy atom. The molecule has 1 heterocycles. The molecule has 1 aromatic carbocycles. The molecular weight excluding hydrogens is 233 g/mol. The molecule has 1 aromatic heterocycles. The third kappa shape index (κ3) is 1.96. The van der Waals surface area contributed by atoms with Gasteiger partial charge in [0.25, 0.3) is 0 Å². The van der Waals surface area contributed by atoms with Crippen LogP contribution in [0.15, 0.2) is 30.7 Å². The monoisotopic (exact) mass is 237 g/mol. The van der Waals surface area contributed by atoms with Gasteiger partial charge in [-0.2, -0.15) is 5.26 Å². The van der Waals surface area contributed by atoms with Crippen LogP contribution in [0, 0.1) is 11.3 Å². The van der Waals surface area contributed by atoms with Crippen LogP contribution < -0.4 is 0 Å². The van der Waals surface area contributed by atoms with Gasteiger partial charge in [0.1, 0.15) is 12.4 Å². The zero-order valence-electron chi connectivity index (χ0n) is 7.48. The van der Waals surface area contributed by atoms with Crippen molar-refractivity contribution in [3.8, 4) is 11.8 Å². The van der Waals surface area contributed by atoms with Crippen LogP contribution in [0.3, 0.4) is 0 Å². The summed E-state index contributed by atoms with van der Waals surface area (Å²) >= 11 is 11.8. The van der Waals surface area contributed by atoms with Gasteiger partial charge in [0.05, 0.1) is 10.7 Å². The highest BCUT2D eigenvalue weighted by Gasteiger charge is 2.05. The Morgan fingerprint density at radius 1 is 1.33 bits per heavy atom. The molecular formula is C10H5Cl2N3. The zero-order valence-corrected chi connectivity index (χ0v) is 9.00. The molecule has 0 aliphatic heterocycles. The highest BCUT2D eigenvalue weighted by molar-refractivity contribution is 6.34. The molecule has 5 heteroatoms. The Balaban J connectivity index is 2.54. The molecule has 0 spiro atoms. The van der Waals surface area contributed by atoms with Gasteiger partial charge in [-0.3, -0.25) is 0 Å². The summed E-state index contributed by atoms with van der Waals surface area (Å²) in [5, 5.41) is 9.78. The number of aromatic nitrogens is 2. The number of halogens is 2. The minimum absolute atomic E-state index is 0.339. The first-order chi connectivity index (χ1) is 7.20. The Kier molecular flexibility index (Phi) is 2.63. The van der Waals surface area contributed by atoms with E-state index in [2.05, 4.69) is 4.98 Å². The second kappa shape index (κ2) is 3.93. The zero-order chi connectivity index (χ0) is 10.8. The highest BCUT2D eigenvalue weighted by Crippen LogP contribution is 2.24. The normalized spacial score (nSPS) is 9.93. The van der Waals surface area contributed by atoms with Gasteiger partial charge in [0.2, 0.25) is 0 Å². The van der Waals surface area contributed by atoms with Crippen LogP contribution in [0.5, 0.6) is 0 Å². The van der Waals surface area contributed by atoms with E-state index in [0.717, 1.165) is 0 Å². The van der Waals surface area contributed by atoms with E-state index in [1.165, 1.54) is 6.33 Å². The number of hydrogen-bond donors (Lipinski definition) is 0. The summed E-state index contributed by atoms with van der Waals surface area (Å²) in [6, 6.07) is 7.06. The lowest BCUT2D eigenvalue weighted by Crippen LogP contribution is -1.90. The minimum atomic E-state index is 0.339. The lowest BCUT2D eigenvalue weighted by molar-refractivity contribution is 1.06. The van der Waals surface area contributed by atoms with Gasteiger partial charge in [-0.1, -0.05) is 23.2 Å². The van der Waals surface area contributed by atoms with Crippen molar-refractivity contribution in [3.63, 3.8) is 0 Å². The maximum atomic E-state index is 8.64. The fourth-order valence-corrected chi connectivity index (χ4v) is 1.58. The van der Waals surface area contributed by atoms with Crippen molar-refractivity contribution in [2.75, 3.05) is 0 Å². The van der Waals surface area contributed by atoms with E-state index < -0.39 is 0 Å². The second-order valence-electron chi connectivity index (χ2n) is 2.87. The highest BCUT2D eigenvalue weighted by atomic mass is 35.5. The van der Waals surface area contributed by atoms with Crippen LogP contribution in [0.1, 0.15) is 5.69 Å². The molecule has 0 saturated carbocycles. The number of nitrogens with zero attached hydrogens (tertiary/aromatic N) is 3. The van der Waals surface area contributed by atoms with Crippen LogP contribution in [-0.4, -0.2) is 9.55 Å². The molecule has 15 heavy (non-hydrogen) atoms. The van der Waals surface area contributed by atoms with Gasteiger partial charge in [-0.15, -0.1) is 0 Å². The third-order valence-electron chi connectivity index (χ3n) is 1.88. The molecule has 3 nitrogen and oxygen atoms in total. The van der Waals surface area contributed by atoms with E-state index in [4.69, 9.17) is 28.5 Å². The fraction of sp³-hybridized carbons (Fsp3) is 0. The van der Waals surface area contributed by atoms with Gasteiger partial charge >= 0.3 is 0 Å². The van der Waals surface area contributed by atoms with Crippen LogP contribution >= 0.6 is 23.2 Å². The van der Waals surface area contributed by atoms with Crippen molar-refractivity contribution in [2.45, 2.75) is 0 Å². The topological polar surface area (TPSA) is 41.6 Å². The maximum Gasteiger partial charge on any atom is 0.158 e. The Morgan fingerprint density at radius 3 is 2.80 bits per heavy atom. The number of hydrogen-bond acceptors (Lipinski definition) is 2. The van der Waals surface area contributed by atoms with E-state index in [1.807, 2.05) is 6.07 Å². The molecule has 0 aliphatic rings. The van der Waals surface area contributed by atoms with Crippen LogP contribution in [0.4, 0.5) is 0 Å². The second-order valence-corrected chi connectivity index (χ2v) is 3.72. The van der Waals surface area contributed by atoms with Gasteiger partial charge in [0, 0.05) is 11.2 Å². The molecule has 2 aromatic rings. The van der Waals surface area contributed by atoms with Crippen molar-refractivity contribution in [3.05, 3.63) is 46.5 Å². The lowest BCUT2D eigenvalue weighted by Gasteiger charge is -2.04. The number of imidazole rings is 1. The van der Waals surface area contributed by atoms with E-state index in [0.29, 0.717) is 21.4 Å². The predicted octanol–water partition coefficient (Wildman–Crippen LogP) is 3.05. The SMILES string of the molecule is N#Cc1cn(-c2cc(Cl)ccc2Cl)cn1. The van der Waals surface area contributed by atoms with Crippen molar-refractivity contribution >= 4 is 23.2 Å². The predicted molar refractivity (Wildman–Crippen MR) is 58.3 cm³/mol. The molecule has 0 saturated heterocycles. The van der Waals surface area contributed by atoms with E-state index in [1.54, 1.807) is 29.0 Å². The van der Waals surface area contributed by atoms with Crippen molar-refractivity contribution in [1.29, 1.82) is 5.26 Å². The third-order valence-corrected chi connectivity index (χ3v) is 2.44. The molecule has 0 radical (unpaired) electrons. The lowest BCUT2D eigenvalue weighted by atomic mass is 10.3. The van der Waals surface area contributed by atoms with E-state index in [-0.39, 0.29) is 0 Å². The number of nitriles is 1. The summed E-state index contributed by atoms with van der Waals surface area (Å²) < 4.78 is 1.66. The number of benzene rings is 1. The van der Waals surface area contributed by atoms with Crippen molar-refractivity contribution < 1.29 is 0 Å². The summed E-state index contributed by atoms with van der Waals surface area (Å²) in [5.74, 6) is 0. The molecule has 0 amide bonds. The van der Waals surface area contributed by atoms with Gasteiger partial charge in [0.15, 0.2) is 5.69 Å². The molecule has 0 fully saturated rings. The summed E-state index contributed by atoms with van der Waals surface area (Å²) in [7, 11) is 0. The molecule has 0 bridgehead atoms. The molecule has 0 N–H and O–H groups in total. The minimum Gasteiger partial charge on any atom is -0.303 e. The largest absolute Gasteiger partial charge is 0.303 e. The Bertz CT molecular complexity index is 540. The standard InChI is InChI=1S/C10H5Cl2N3/c11-7-1-2-9(12)10(3-7)15-5-8(4-13)14-6-15/h1-3,5-6H. The maximum absolute atomic E-state index is 8.64. The molecule has 2 rings (SSSR count). The Labute approximate surface area is 96.5 Å².